The molecule has 0 aliphatic heterocycles. The Morgan fingerprint density at radius 1 is 1.56 bits per heavy atom. The summed E-state index contributed by atoms with van der Waals surface area (Å²) in [6.45, 7) is 4.02. The van der Waals surface area contributed by atoms with Gasteiger partial charge in [0.15, 0.2) is 5.25 Å². The molecular formula is C12H23N3O2S. The maximum atomic E-state index is 12.2. The largest absolute Gasteiger partial charge is 0.329 e. The first kappa shape index (κ1) is 15.4. The first-order chi connectivity index (χ1) is 8.41. The van der Waals surface area contributed by atoms with Crippen molar-refractivity contribution in [1.82, 2.24) is 4.72 Å². The lowest BCUT2D eigenvalue weighted by molar-refractivity contribution is 0.191. The number of hydrogen-bond donors (Lipinski definition) is 2. The van der Waals surface area contributed by atoms with E-state index in [-0.39, 0.29) is 12.5 Å². The highest BCUT2D eigenvalue weighted by molar-refractivity contribution is 7.90. The molecule has 0 radical (unpaired) electrons. The smallest absolute Gasteiger partial charge is 0.228 e. The van der Waals surface area contributed by atoms with E-state index < -0.39 is 20.8 Å². The van der Waals surface area contributed by atoms with Crippen molar-refractivity contribution in [1.29, 1.82) is 5.26 Å². The van der Waals surface area contributed by atoms with Crippen molar-refractivity contribution in [2.45, 2.75) is 56.7 Å². The Hall–Kier alpha value is -0.640. The van der Waals surface area contributed by atoms with E-state index in [2.05, 4.69) is 4.72 Å². The van der Waals surface area contributed by atoms with E-state index in [0.717, 1.165) is 25.7 Å². The molecule has 0 aromatic carbocycles. The van der Waals surface area contributed by atoms with E-state index in [9.17, 15) is 8.42 Å². The van der Waals surface area contributed by atoms with Crippen LogP contribution < -0.4 is 10.5 Å². The van der Waals surface area contributed by atoms with Gasteiger partial charge >= 0.3 is 0 Å². The average molecular weight is 273 g/mol. The molecule has 1 saturated carbocycles. The van der Waals surface area contributed by atoms with Crippen LogP contribution in [0.25, 0.3) is 0 Å². The topological polar surface area (TPSA) is 96.0 Å². The summed E-state index contributed by atoms with van der Waals surface area (Å²) in [5.41, 5.74) is 5.24. The second kappa shape index (κ2) is 6.00. The summed E-state index contributed by atoms with van der Waals surface area (Å²) in [6, 6.07) is 1.85. The van der Waals surface area contributed by atoms with E-state index in [0.29, 0.717) is 6.42 Å². The number of nitrogens with two attached hydrogens (primary N) is 1. The molecule has 1 fully saturated rings. The lowest BCUT2D eigenvalue weighted by Gasteiger charge is -2.42. The van der Waals surface area contributed by atoms with Crippen LogP contribution in [0.4, 0.5) is 0 Å². The second-order valence-electron chi connectivity index (χ2n) is 5.18. The summed E-state index contributed by atoms with van der Waals surface area (Å²) < 4.78 is 27.1. The normalized spacial score (nSPS) is 30.7. The highest BCUT2D eigenvalue weighted by Crippen LogP contribution is 2.33. The van der Waals surface area contributed by atoms with Crippen molar-refractivity contribution in [2.75, 3.05) is 6.54 Å². The fraction of sp³-hybridized carbons (Fsp3) is 0.917. The first-order valence-corrected chi connectivity index (χ1v) is 8.09. The first-order valence-electron chi connectivity index (χ1n) is 6.54. The van der Waals surface area contributed by atoms with Crippen LogP contribution in [0.1, 0.15) is 46.0 Å². The molecule has 3 unspecified atom stereocenters. The van der Waals surface area contributed by atoms with Gasteiger partial charge in [-0.3, -0.25) is 0 Å². The van der Waals surface area contributed by atoms with Gasteiger partial charge < -0.3 is 5.73 Å². The fourth-order valence-electron chi connectivity index (χ4n) is 2.64. The predicted molar refractivity (Wildman–Crippen MR) is 71.2 cm³/mol. The Kier molecular flexibility index (Phi) is 5.14. The molecule has 18 heavy (non-hydrogen) atoms. The quantitative estimate of drug-likeness (QED) is 0.784. The molecule has 0 spiro atoms. The van der Waals surface area contributed by atoms with Gasteiger partial charge in [-0.25, -0.2) is 13.1 Å². The molecular weight excluding hydrogens is 250 g/mol. The molecule has 1 rings (SSSR count). The number of rotatable bonds is 5. The third-order valence-corrected chi connectivity index (χ3v) is 5.93. The maximum Gasteiger partial charge on any atom is 0.228 e. The highest BCUT2D eigenvalue weighted by Gasteiger charge is 2.41. The van der Waals surface area contributed by atoms with E-state index in [1.165, 1.54) is 0 Å². The Labute approximate surface area is 110 Å². The van der Waals surface area contributed by atoms with Crippen molar-refractivity contribution >= 4 is 10.0 Å². The standard InChI is InChI=1S/C12H23N3O2S/c1-3-11(8-13)18(16,17)15-12(9-14)7-5-4-6-10(12)2/h10-11,15H,3-7,9,14H2,1-2H3. The van der Waals surface area contributed by atoms with E-state index in [4.69, 9.17) is 11.0 Å². The second-order valence-corrected chi connectivity index (χ2v) is 7.04. The van der Waals surface area contributed by atoms with Gasteiger partial charge in [-0.15, -0.1) is 0 Å². The summed E-state index contributed by atoms with van der Waals surface area (Å²) in [7, 11) is -3.62. The molecule has 3 N–H and O–H groups in total. The number of hydrogen-bond acceptors (Lipinski definition) is 4. The predicted octanol–water partition coefficient (Wildman–Crippen LogP) is 1.12. The molecule has 3 atom stereocenters. The van der Waals surface area contributed by atoms with Crippen LogP contribution in [0.15, 0.2) is 0 Å². The van der Waals surface area contributed by atoms with Crippen LogP contribution in [-0.2, 0) is 10.0 Å². The van der Waals surface area contributed by atoms with Gasteiger partial charge in [0, 0.05) is 12.1 Å². The molecule has 1 aliphatic rings. The Morgan fingerprint density at radius 2 is 2.22 bits per heavy atom. The molecule has 104 valence electrons. The summed E-state index contributed by atoms with van der Waals surface area (Å²) in [5, 5.41) is 7.92. The molecule has 0 amide bonds. The third kappa shape index (κ3) is 3.02. The van der Waals surface area contributed by atoms with Gasteiger partial charge in [0.05, 0.1) is 6.07 Å². The molecule has 0 saturated heterocycles. The van der Waals surface area contributed by atoms with Crippen LogP contribution in [-0.4, -0.2) is 25.8 Å². The van der Waals surface area contributed by atoms with Gasteiger partial charge in [-0.05, 0) is 25.2 Å². The Balaban J connectivity index is 2.95. The van der Waals surface area contributed by atoms with Gasteiger partial charge in [0.2, 0.25) is 10.0 Å². The maximum absolute atomic E-state index is 12.2. The van der Waals surface area contributed by atoms with Crippen molar-refractivity contribution in [3.63, 3.8) is 0 Å². The minimum atomic E-state index is -3.62. The third-order valence-electron chi connectivity index (χ3n) is 4.05. The molecule has 6 heteroatoms. The van der Waals surface area contributed by atoms with Crippen LogP contribution in [0.5, 0.6) is 0 Å². The fourth-order valence-corrected chi connectivity index (χ4v) is 4.32. The summed E-state index contributed by atoms with van der Waals surface area (Å²) in [6.07, 6.45) is 4.11. The Bertz CT molecular complexity index is 416. The van der Waals surface area contributed by atoms with Gasteiger partial charge in [-0.1, -0.05) is 26.7 Å². The van der Waals surface area contributed by atoms with Gasteiger partial charge in [0.25, 0.3) is 0 Å². The minimum Gasteiger partial charge on any atom is -0.329 e. The lowest BCUT2D eigenvalue weighted by Crippen LogP contribution is -2.60. The van der Waals surface area contributed by atoms with Gasteiger partial charge in [0.1, 0.15) is 0 Å². The van der Waals surface area contributed by atoms with Crippen molar-refractivity contribution < 1.29 is 8.42 Å². The molecule has 5 nitrogen and oxygen atoms in total. The van der Waals surface area contributed by atoms with Crippen molar-refractivity contribution in [3.05, 3.63) is 0 Å². The SMILES string of the molecule is CCC(C#N)S(=O)(=O)NC1(CN)CCCCC1C. The molecule has 0 aromatic rings. The number of sulfonamides is 1. The zero-order chi connectivity index (χ0) is 13.8. The van der Waals surface area contributed by atoms with Crippen LogP contribution in [0.2, 0.25) is 0 Å². The van der Waals surface area contributed by atoms with Gasteiger partial charge in [-0.2, -0.15) is 5.26 Å². The lowest BCUT2D eigenvalue weighted by atomic mass is 9.74. The summed E-state index contributed by atoms with van der Waals surface area (Å²) in [5.74, 6) is 0.210. The van der Waals surface area contributed by atoms with Crippen LogP contribution >= 0.6 is 0 Å². The van der Waals surface area contributed by atoms with Crippen molar-refractivity contribution in [2.24, 2.45) is 11.7 Å². The van der Waals surface area contributed by atoms with Crippen molar-refractivity contribution in [3.8, 4) is 6.07 Å². The minimum absolute atomic E-state index is 0.210. The van der Waals surface area contributed by atoms with E-state index in [1.54, 1.807) is 6.92 Å². The summed E-state index contributed by atoms with van der Waals surface area (Å²) in [4.78, 5) is 0. The highest BCUT2D eigenvalue weighted by atomic mass is 32.2. The monoisotopic (exact) mass is 273 g/mol. The van der Waals surface area contributed by atoms with Crippen LogP contribution in [0.3, 0.4) is 0 Å². The molecule has 0 heterocycles. The number of nitrogens with zero attached hydrogens (tertiary/aromatic N) is 1. The molecule has 0 bridgehead atoms. The van der Waals surface area contributed by atoms with E-state index >= 15 is 0 Å². The number of nitrogens with one attached hydrogen (secondary N) is 1. The molecule has 1 aliphatic carbocycles. The molecule has 0 aromatic heterocycles. The van der Waals surface area contributed by atoms with E-state index in [1.807, 2.05) is 13.0 Å². The average Bonchev–Trinajstić information content (AvgIpc) is 2.33. The zero-order valence-corrected chi connectivity index (χ0v) is 12.0. The Morgan fingerprint density at radius 3 is 2.67 bits per heavy atom. The van der Waals surface area contributed by atoms with Crippen LogP contribution in [0, 0.1) is 17.2 Å². The zero-order valence-electron chi connectivity index (χ0n) is 11.1. The number of nitriles is 1. The summed E-state index contributed by atoms with van der Waals surface area (Å²) >= 11 is 0.